The van der Waals surface area contributed by atoms with E-state index in [9.17, 15) is 12.8 Å². The molecule has 0 amide bonds. The third-order valence-electron chi connectivity index (χ3n) is 3.15. The SMILES string of the molecule is O=S(=O)(c1cncc(F)c1)N1CCC(CO)CC1. The molecule has 0 aliphatic carbocycles. The summed E-state index contributed by atoms with van der Waals surface area (Å²) in [6.45, 7) is 0.781. The first-order valence-corrected chi connectivity index (χ1v) is 7.19. The van der Waals surface area contributed by atoms with Crippen molar-refractivity contribution in [2.75, 3.05) is 19.7 Å². The van der Waals surface area contributed by atoms with Gasteiger partial charge in [0, 0.05) is 25.9 Å². The van der Waals surface area contributed by atoms with Crippen LogP contribution in [0.4, 0.5) is 4.39 Å². The third-order valence-corrected chi connectivity index (χ3v) is 5.01. The number of pyridine rings is 1. The van der Waals surface area contributed by atoms with Gasteiger partial charge in [-0.15, -0.1) is 0 Å². The summed E-state index contributed by atoms with van der Waals surface area (Å²) in [4.78, 5) is 3.44. The molecule has 1 aliphatic heterocycles. The summed E-state index contributed by atoms with van der Waals surface area (Å²) in [5.41, 5.74) is 0. The molecule has 1 fully saturated rings. The highest BCUT2D eigenvalue weighted by atomic mass is 32.2. The quantitative estimate of drug-likeness (QED) is 0.877. The highest BCUT2D eigenvalue weighted by Gasteiger charge is 2.29. The maximum absolute atomic E-state index is 13.0. The number of sulfonamides is 1. The molecule has 2 rings (SSSR count). The summed E-state index contributed by atoms with van der Waals surface area (Å²) < 4.78 is 38.7. The van der Waals surface area contributed by atoms with Crippen molar-refractivity contribution in [3.63, 3.8) is 0 Å². The van der Waals surface area contributed by atoms with Gasteiger partial charge in [0.1, 0.15) is 10.7 Å². The molecule has 100 valence electrons. The van der Waals surface area contributed by atoms with Crippen LogP contribution in [0, 0.1) is 11.7 Å². The monoisotopic (exact) mass is 274 g/mol. The first kappa shape index (κ1) is 13.4. The van der Waals surface area contributed by atoms with E-state index < -0.39 is 15.8 Å². The molecule has 0 radical (unpaired) electrons. The molecule has 18 heavy (non-hydrogen) atoms. The Morgan fingerprint density at radius 2 is 2.06 bits per heavy atom. The van der Waals surface area contributed by atoms with E-state index in [1.807, 2.05) is 0 Å². The van der Waals surface area contributed by atoms with Gasteiger partial charge in [0.25, 0.3) is 0 Å². The minimum absolute atomic E-state index is 0.0788. The van der Waals surface area contributed by atoms with Crippen LogP contribution in [-0.2, 0) is 10.0 Å². The van der Waals surface area contributed by atoms with Crippen LogP contribution in [0.1, 0.15) is 12.8 Å². The molecular weight excluding hydrogens is 259 g/mol. The fourth-order valence-corrected chi connectivity index (χ4v) is 3.46. The van der Waals surface area contributed by atoms with Crippen LogP contribution in [0.5, 0.6) is 0 Å². The van der Waals surface area contributed by atoms with E-state index in [0.29, 0.717) is 25.9 Å². The molecular formula is C11H15FN2O3S. The van der Waals surface area contributed by atoms with Crippen molar-refractivity contribution >= 4 is 10.0 Å². The summed E-state index contributed by atoms with van der Waals surface area (Å²) in [5.74, 6) is -0.511. The number of rotatable bonds is 3. The van der Waals surface area contributed by atoms with Crippen molar-refractivity contribution in [2.45, 2.75) is 17.7 Å². The second-order valence-electron chi connectivity index (χ2n) is 4.37. The number of nitrogens with zero attached hydrogens (tertiary/aromatic N) is 2. The molecule has 0 atom stereocenters. The number of aliphatic hydroxyl groups is 1. The third kappa shape index (κ3) is 2.68. The summed E-state index contributed by atoms with van der Waals surface area (Å²) in [7, 11) is -3.67. The first-order chi connectivity index (χ1) is 8.54. The van der Waals surface area contributed by atoms with Gasteiger partial charge in [-0.05, 0) is 24.8 Å². The zero-order valence-corrected chi connectivity index (χ0v) is 10.6. The van der Waals surface area contributed by atoms with Crippen molar-refractivity contribution in [2.24, 2.45) is 5.92 Å². The van der Waals surface area contributed by atoms with Crippen LogP contribution >= 0.6 is 0 Å². The molecule has 5 nitrogen and oxygen atoms in total. The highest BCUT2D eigenvalue weighted by molar-refractivity contribution is 7.89. The van der Waals surface area contributed by atoms with Gasteiger partial charge in [0.2, 0.25) is 10.0 Å². The van der Waals surface area contributed by atoms with Gasteiger partial charge >= 0.3 is 0 Å². The average Bonchev–Trinajstić information content (AvgIpc) is 2.39. The Hall–Kier alpha value is -1.05. The Bertz CT molecular complexity index is 513. The van der Waals surface area contributed by atoms with Gasteiger partial charge in [0.05, 0.1) is 6.20 Å². The molecule has 0 unspecified atom stereocenters. The van der Waals surface area contributed by atoms with Crippen LogP contribution < -0.4 is 0 Å². The number of aromatic nitrogens is 1. The normalized spacial score (nSPS) is 19.0. The first-order valence-electron chi connectivity index (χ1n) is 5.75. The molecule has 1 aliphatic rings. The predicted octanol–water partition coefficient (Wildman–Crippen LogP) is 0.614. The van der Waals surface area contributed by atoms with Crippen molar-refractivity contribution in [1.82, 2.24) is 9.29 Å². The van der Waals surface area contributed by atoms with Gasteiger partial charge in [-0.2, -0.15) is 4.31 Å². The van der Waals surface area contributed by atoms with Gasteiger partial charge in [-0.3, -0.25) is 4.98 Å². The smallest absolute Gasteiger partial charge is 0.244 e. The second kappa shape index (κ2) is 5.29. The lowest BCUT2D eigenvalue weighted by atomic mass is 10.00. The van der Waals surface area contributed by atoms with E-state index in [0.717, 1.165) is 18.5 Å². The maximum Gasteiger partial charge on any atom is 0.244 e. The zero-order chi connectivity index (χ0) is 13.2. The standard InChI is InChI=1S/C11H15FN2O3S/c12-10-5-11(7-13-6-10)18(16,17)14-3-1-9(8-15)2-4-14/h5-7,9,15H,1-4,8H2. The van der Waals surface area contributed by atoms with Gasteiger partial charge in [-0.25, -0.2) is 12.8 Å². The molecule has 7 heteroatoms. The number of aliphatic hydroxyl groups excluding tert-OH is 1. The largest absolute Gasteiger partial charge is 0.396 e. The Labute approximate surface area is 105 Å². The Morgan fingerprint density at radius 3 is 2.61 bits per heavy atom. The molecule has 0 aromatic carbocycles. The van der Waals surface area contributed by atoms with Gasteiger partial charge < -0.3 is 5.11 Å². The lowest BCUT2D eigenvalue weighted by molar-refractivity contribution is 0.170. The van der Waals surface area contributed by atoms with Crippen LogP contribution in [0.25, 0.3) is 0 Å². The lowest BCUT2D eigenvalue weighted by Crippen LogP contribution is -2.39. The van der Waals surface area contributed by atoms with E-state index in [1.165, 1.54) is 4.31 Å². The van der Waals surface area contributed by atoms with E-state index in [2.05, 4.69) is 4.98 Å². The second-order valence-corrected chi connectivity index (χ2v) is 6.31. The fraction of sp³-hybridized carbons (Fsp3) is 0.545. The van der Waals surface area contributed by atoms with Gasteiger partial charge in [0.15, 0.2) is 0 Å². The Balaban J connectivity index is 2.17. The van der Waals surface area contributed by atoms with Crippen LogP contribution in [0.3, 0.4) is 0 Å². The minimum atomic E-state index is -3.67. The topological polar surface area (TPSA) is 70.5 Å². The molecule has 1 N–H and O–H groups in total. The van der Waals surface area contributed by atoms with Crippen LogP contribution in [-0.4, -0.2) is 42.5 Å². The fourth-order valence-electron chi connectivity index (χ4n) is 2.01. The van der Waals surface area contributed by atoms with Gasteiger partial charge in [-0.1, -0.05) is 0 Å². The summed E-state index contributed by atoms with van der Waals surface area (Å²) in [6, 6.07) is 0.973. The van der Waals surface area contributed by atoms with E-state index in [-0.39, 0.29) is 17.4 Å². The van der Waals surface area contributed by atoms with Crippen molar-refractivity contribution in [3.8, 4) is 0 Å². The predicted molar refractivity (Wildman–Crippen MR) is 62.8 cm³/mol. The lowest BCUT2D eigenvalue weighted by Gasteiger charge is -2.30. The van der Waals surface area contributed by atoms with Crippen molar-refractivity contribution in [1.29, 1.82) is 0 Å². The minimum Gasteiger partial charge on any atom is -0.396 e. The molecule has 1 saturated heterocycles. The molecule has 1 aromatic heterocycles. The Morgan fingerprint density at radius 1 is 1.39 bits per heavy atom. The molecule has 2 heterocycles. The molecule has 0 saturated carbocycles. The summed E-state index contributed by atoms with van der Waals surface area (Å²) >= 11 is 0. The van der Waals surface area contributed by atoms with Crippen LogP contribution in [0.2, 0.25) is 0 Å². The highest BCUT2D eigenvalue weighted by Crippen LogP contribution is 2.23. The number of piperidine rings is 1. The number of hydrogen-bond donors (Lipinski definition) is 1. The molecule has 1 aromatic rings. The molecule has 0 bridgehead atoms. The van der Waals surface area contributed by atoms with E-state index in [1.54, 1.807) is 0 Å². The van der Waals surface area contributed by atoms with E-state index in [4.69, 9.17) is 5.11 Å². The van der Waals surface area contributed by atoms with Crippen molar-refractivity contribution in [3.05, 3.63) is 24.3 Å². The summed E-state index contributed by atoms with van der Waals surface area (Å²) in [6.07, 6.45) is 3.37. The van der Waals surface area contributed by atoms with Crippen LogP contribution in [0.15, 0.2) is 23.4 Å². The zero-order valence-electron chi connectivity index (χ0n) is 9.79. The summed E-state index contributed by atoms with van der Waals surface area (Å²) in [5, 5.41) is 9.01. The van der Waals surface area contributed by atoms with E-state index >= 15 is 0 Å². The Kier molecular flexibility index (Phi) is 3.94. The molecule has 0 spiro atoms. The number of halogens is 1. The van der Waals surface area contributed by atoms with Crippen molar-refractivity contribution < 1.29 is 17.9 Å². The average molecular weight is 274 g/mol. The maximum atomic E-state index is 13.0. The number of hydrogen-bond acceptors (Lipinski definition) is 4.